The van der Waals surface area contributed by atoms with Gasteiger partial charge in [-0.15, -0.1) is 0 Å². The SMILES string of the molecule is Nc1cc(Cl)c(OC(F)(F)C(F)(F)Br)c(Cl)c1. The Balaban J connectivity index is 3.13. The summed E-state index contributed by atoms with van der Waals surface area (Å²) < 4.78 is 54.6. The monoisotopic (exact) mass is 355 g/mol. The summed E-state index contributed by atoms with van der Waals surface area (Å²) >= 11 is 12.5. The molecule has 2 nitrogen and oxygen atoms in total. The lowest BCUT2D eigenvalue weighted by atomic mass is 10.3. The molecule has 2 N–H and O–H groups in total. The average molecular weight is 357 g/mol. The van der Waals surface area contributed by atoms with Crippen molar-refractivity contribution >= 4 is 44.8 Å². The second-order valence-corrected chi connectivity index (χ2v) is 4.74. The van der Waals surface area contributed by atoms with Gasteiger partial charge in [-0.3, -0.25) is 0 Å². The molecule has 0 aliphatic carbocycles. The molecule has 0 amide bonds. The molecule has 0 aliphatic rings. The highest BCUT2D eigenvalue weighted by Crippen LogP contribution is 2.44. The molecule has 0 radical (unpaired) electrons. The fourth-order valence-electron chi connectivity index (χ4n) is 0.863. The molecule has 0 saturated heterocycles. The standard InChI is InChI=1S/C8H4BrCl2F4NO/c9-7(12,13)8(14,15)17-6-4(10)1-3(16)2-5(6)11/h1-2H,16H2. The van der Waals surface area contributed by atoms with Gasteiger partial charge in [-0.25, -0.2) is 0 Å². The minimum absolute atomic E-state index is 0.0845. The Morgan fingerprint density at radius 1 is 1.12 bits per heavy atom. The Bertz CT molecular complexity index is 415. The van der Waals surface area contributed by atoms with E-state index in [0.29, 0.717) is 0 Å². The van der Waals surface area contributed by atoms with E-state index < -0.39 is 26.7 Å². The molecule has 1 aromatic rings. The summed E-state index contributed by atoms with van der Waals surface area (Å²) in [4.78, 5) is -4.56. The highest BCUT2D eigenvalue weighted by atomic mass is 79.9. The largest absolute Gasteiger partial charge is 0.475 e. The van der Waals surface area contributed by atoms with Gasteiger partial charge < -0.3 is 10.5 Å². The normalized spacial score (nSPS) is 12.6. The number of alkyl halides is 5. The van der Waals surface area contributed by atoms with E-state index in [9.17, 15) is 17.6 Å². The first-order valence-electron chi connectivity index (χ1n) is 3.92. The lowest BCUT2D eigenvalue weighted by Gasteiger charge is -2.23. The molecule has 0 atom stereocenters. The third kappa shape index (κ3) is 3.29. The zero-order valence-corrected chi connectivity index (χ0v) is 10.9. The third-order valence-electron chi connectivity index (χ3n) is 1.58. The summed E-state index contributed by atoms with van der Waals surface area (Å²) in [5.74, 6) is -0.772. The van der Waals surface area contributed by atoms with E-state index in [1.54, 1.807) is 0 Å². The van der Waals surface area contributed by atoms with Crippen LogP contribution in [0, 0.1) is 0 Å². The summed E-state index contributed by atoms with van der Waals surface area (Å²) in [6.45, 7) is 0. The van der Waals surface area contributed by atoms with E-state index in [1.165, 1.54) is 15.9 Å². The molecule has 0 heterocycles. The molecule has 0 saturated carbocycles. The highest BCUT2D eigenvalue weighted by molar-refractivity contribution is 9.10. The number of nitrogen functional groups attached to an aromatic ring is 1. The van der Waals surface area contributed by atoms with Crippen molar-refractivity contribution in [3.05, 3.63) is 22.2 Å². The molecular weight excluding hydrogens is 353 g/mol. The van der Waals surface area contributed by atoms with Crippen LogP contribution in [0.15, 0.2) is 12.1 Å². The maximum absolute atomic E-state index is 12.9. The molecule has 0 bridgehead atoms. The zero-order valence-electron chi connectivity index (χ0n) is 7.79. The summed E-state index contributed by atoms with van der Waals surface area (Å²) in [5, 5.41) is -0.794. The van der Waals surface area contributed by atoms with E-state index in [0.717, 1.165) is 12.1 Å². The van der Waals surface area contributed by atoms with Crippen LogP contribution >= 0.6 is 39.1 Å². The van der Waals surface area contributed by atoms with Gasteiger partial charge in [0.25, 0.3) is 0 Å². The molecule has 0 aromatic heterocycles. The Kier molecular flexibility index (Phi) is 4.05. The maximum Gasteiger partial charge on any atom is 0.475 e. The summed E-state index contributed by atoms with van der Waals surface area (Å²) in [7, 11) is 0. The van der Waals surface area contributed by atoms with Crippen LogP contribution in [0.4, 0.5) is 23.2 Å². The van der Waals surface area contributed by atoms with Crippen LogP contribution in [0.5, 0.6) is 5.75 Å². The van der Waals surface area contributed by atoms with Crippen LogP contribution in [-0.4, -0.2) is 10.9 Å². The summed E-state index contributed by atoms with van der Waals surface area (Å²) in [6, 6.07) is 2.09. The number of hydrogen-bond acceptors (Lipinski definition) is 2. The van der Waals surface area contributed by atoms with Crippen LogP contribution in [0.1, 0.15) is 0 Å². The zero-order chi connectivity index (χ0) is 13.4. The Morgan fingerprint density at radius 3 is 1.88 bits per heavy atom. The first kappa shape index (κ1) is 14.7. The molecule has 0 aliphatic heterocycles. The van der Waals surface area contributed by atoms with E-state index in [2.05, 4.69) is 4.74 Å². The Hall–Kier alpha value is -0.400. The van der Waals surface area contributed by atoms with Crippen LogP contribution in [0.3, 0.4) is 0 Å². The van der Waals surface area contributed by atoms with Crippen molar-refractivity contribution in [1.29, 1.82) is 0 Å². The Morgan fingerprint density at radius 2 is 1.53 bits per heavy atom. The van der Waals surface area contributed by atoms with Gasteiger partial charge in [0.15, 0.2) is 5.75 Å². The quantitative estimate of drug-likeness (QED) is 0.490. The first-order chi connectivity index (χ1) is 7.54. The summed E-state index contributed by atoms with van der Waals surface area (Å²) in [6.07, 6.45) is -4.81. The van der Waals surface area contributed by atoms with Gasteiger partial charge in [0.05, 0.1) is 10.0 Å². The average Bonchev–Trinajstić information content (AvgIpc) is 2.09. The molecule has 9 heteroatoms. The number of nitrogens with two attached hydrogens (primary N) is 1. The maximum atomic E-state index is 12.9. The van der Waals surface area contributed by atoms with Gasteiger partial charge in [0, 0.05) is 21.6 Å². The minimum atomic E-state index is -4.81. The predicted octanol–water partition coefficient (Wildman–Crippen LogP) is 4.53. The third-order valence-corrected chi connectivity index (χ3v) is 2.60. The van der Waals surface area contributed by atoms with E-state index in [4.69, 9.17) is 28.9 Å². The lowest BCUT2D eigenvalue weighted by molar-refractivity contribution is -0.266. The first-order valence-corrected chi connectivity index (χ1v) is 5.47. The molecule has 1 aromatic carbocycles. The van der Waals surface area contributed by atoms with E-state index >= 15 is 0 Å². The second kappa shape index (κ2) is 4.70. The van der Waals surface area contributed by atoms with Gasteiger partial charge in [-0.2, -0.15) is 17.6 Å². The highest BCUT2D eigenvalue weighted by Gasteiger charge is 2.58. The number of halogens is 7. The van der Waals surface area contributed by atoms with Gasteiger partial charge in [0.1, 0.15) is 0 Å². The van der Waals surface area contributed by atoms with Crippen molar-refractivity contribution < 1.29 is 22.3 Å². The van der Waals surface area contributed by atoms with E-state index in [-0.39, 0.29) is 5.69 Å². The van der Waals surface area contributed by atoms with Crippen molar-refractivity contribution in [2.24, 2.45) is 0 Å². The van der Waals surface area contributed by atoms with Crippen molar-refractivity contribution in [3.63, 3.8) is 0 Å². The fourth-order valence-corrected chi connectivity index (χ4v) is 1.53. The lowest BCUT2D eigenvalue weighted by Crippen LogP contribution is -2.40. The van der Waals surface area contributed by atoms with Gasteiger partial charge in [-0.05, 0) is 12.1 Å². The molecular formula is C8H4BrCl2F4NO. The van der Waals surface area contributed by atoms with Gasteiger partial charge in [0.2, 0.25) is 0 Å². The van der Waals surface area contributed by atoms with Crippen LogP contribution in [0.25, 0.3) is 0 Å². The van der Waals surface area contributed by atoms with Crippen molar-refractivity contribution in [3.8, 4) is 5.75 Å². The topological polar surface area (TPSA) is 35.2 Å². The number of benzene rings is 1. The summed E-state index contributed by atoms with van der Waals surface area (Å²) in [5.41, 5.74) is 5.39. The van der Waals surface area contributed by atoms with Gasteiger partial charge >= 0.3 is 10.9 Å². The van der Waals surface area contributed by atoms with E-state index in [1.807, 2.05) is 0 Å². The molecule has 0 unspecified atom stereocenters. The van der Waals surface area contributed by atoms with Gasteiger partial charge in [-0.1, -0.05) is 23.2 Å². The molecule has 17 heavy (non-hydrogen) atoms. The predicted molar refractivity (Wildman–Crippen MR) is 60.3 cm³/mol. The smallest absolute Gasteiger partial charge is 0.424 e. The van der Waals surface area contributed by atoms with Crippen LogP contribution in [0.2, 0.25) is 10.0 Å². The van der Waals surface area contributed by atoms with Crippen molar-refractivity contribution in [2.75, 3.05) is 5.73 Å². The number of anilines is 1. The molecule has 96 valence electrons. The second-order valence-electron chi connectivity index (χ2n) is 2.93. The van der Waals surface area contributed by atoms with Crippen molar-refractivity contribution in [1.82, 2.24) is 0 Å². The van der Waals surface area contributed by atoms with Crippen molar-refractivity contribution in [2.45, 2.75) is 10.9 Å². The Labute approximate surface area is 112 Å². The number of ether oxygens (including phenoxy) is 1. The number of rotatable bonds is 3. The molecule has 0 fully saturated rings. The number of hydrogen-bond donors (Lipinski definition) is 1. The molecule has 0 spiro atoms. The molecule has 1 rings (SSSR count). The van der Waals surface area contributed by atoms with Crippen LogP contribution in [-0.2, 0) is 0 Å². The fraction of sp³-hybridized carbons (Fsp3) is 0.250. The van der Waals surface area contributed by atoms with Crippen LogP contribution < -0.4 is 10.5 Å². The minimum Gasteiger partial charge on any atom is -0.424 e.